The number of benzene rings is 1. The van der Waals surface area contributed by atoms with Crippen LogP contribution < -0.4 is 0 Å². The van der Waals surface area contributed by atoms with Gasteiger partial charge in [-0.3, -0.25) is 4.79 Å². The van der Waals surface area contributed by atoms with Gasteiger partial charge in [0, 0.05) is 25.5 Å². The summed E-state index contributed by atoms with van der Waals surface area (Å²) in [7, 11) is 0. The topological polar surface area (TPSA) is 37.6 Å². The Kier molecular flexibility index (Phi) is 3.76. The normalized spacial score (nSPS) is 15.0. The second kappa shape index (κ2) is 6.07. The van der Waals surface area contributed by atoms with Crippen molar-refractivity contribution >= 4 is 11.6 Å². The van der Waals surface area contributed by atoms with Crippen LogP contribution in [0.5, 0.6) is 0 Å². The number of aromatic nitrogens is 2. The fraction of sp³-hybridized carbons (Fsp3) is 0.263. The molecule has 0 saturated carbocycles. The van der Waals surface area contributed by atoms with Crippen LogP contribution in [-0.2, 0) is 0 Å². The Morgan fingerprint density at radius 2 is 1.62 bits per heavy atom. The zero-order valence-electron chi connectivity index (χ0n) is 13.3. The number of amides is 1. The lowest BCUT2D eigenvalue weighted by atomic mass is 10.1. The molecule has 1 aliphatic rings. The number of carbonyl (C=O) groups excluding carboxylic acids is 1. The summed E-state index contributed by atoms with van der Waals surface area (Å²) < 4.78 is 14.9. The number of pyridine rings is 1. The first-order valence-corrected chi connectivity index (χ1v) is 8.25. The van der Waals surface area contributed by atoms with E-state index in [1.165, 1.54) is 18.6 Å². The Balaban J connectivity index is 1.65. The van der Waals surface area contributed by atoms with Gasteiger partial charge in [0.05, 0.1) is 0 Å². The monoisotopic (exact) mass is 323 g/mol. The highest BCUT2D eigenvalue weighted by molar-refractivity contribution is 5.93. The quantitative estimate of drug-likeness (QED) is 0.720. The largest absolute Gasteiger partial charge is 0.337 e. The lowest BCUT2D eigenvalue weighted by Gasteiger charge is -2.25. The van der Waals surface area contributed by atoms with Crippen LogP contribution in [0.2, 0.25) is 0 Å². The zero-order valence-corrected chi connectivity index (χ0v) is 13.3. The summed E-state index contributed by atoms with van der Waals surface area (Å²) in [4.78, 5) is 18.9. The Morgan fingerprint density at radius 1 is 0.917 bits per heavy atom. The molecule has 0 radical (unpaired) electrons. The minimum atomic E-state index is -0.253. The van der Waals surface area contributed by atoms with Gasteiger partial charge in [-0.05, 0) is 54.7 Å². The third-order valence-corrected chi connectivity index (χ3v) is 4.49. The highest BCUT2D eigenvalue weighted by Crippen LogP contribution is 2.21. The number of fused-ring (bicyclic) bond motifs is 1. The fourth-order valence-corrected chi connectivity index (χ4v) is 3.17. The van der Waals surface area contributed by atoms with Crippen molar-refractivity contribution in [2.24, 2.45) is 0 Å². The molecule has 3 heterocycles. The van der Waals surface area contributed by atoms with Gasteiger partial charge in [0.1, 0.15) is 17.2 Å². The van der Waals surface area contributed by atoms with E-state index in [0.29, 0.717) is 5.69 Å². The Bertz CT molecular complexity index is 879. The molecule has 3 aromatic rings. The lowest BCUT2D eigenvalue weighted by Crippen LogP contribution is -2.35. The maximum Gasteiger partial charge on any atom is 0.274 e. The van der Waals surface area contributed by atoms with Crippen LogP contribution in [0.1, 0.15) is 29.8 Å². The van der Waals surface area contributed by atoms with Crippen LogP contribution in [0.25, 0.3) is 16.8 Å². The van der Waals surface area contributed by atoms with E-state index in [1.54, 1.807) is 18.3 Å². The molecule has 0 atom stereocenters. The van der Waals surface area contributed by atoms with Gasteiger partial charge in [-0.25, -0.2) is 9.37 Å². The van der Waals surface area contributed by atoms with E-state index in [1.807, 2.05) is 27.6 Å². The molecule has 24 heavy (non-hydrogen) atoms. The lowest BCUT2D eigenvalue weighted by molar-refractivity contribution is 0.0719. The average Bonchev–Trinajstić information content (AvgIpc) is 3.05. The molecule has 1 fully saturated rings. The average molecular weight is 323 g/mol. The maximum absolute atomic E-state index is 13.1. The number of hydrogen-bond acceptors (Lipinski definition) is 2. The van der Waals surface area contributed by atoms with Gasteiger partial charge in [0.25, 0.3) is 5.91 Å². The van der Waals surface area contributed by atoms with Gasteiger partial charge < -0.3 is 9.30 Å². The number of halogens is 1. The molecule has 4 rings (SSSR count). The molecule has 0 spiro atoms. The molecule has 0 aliphatic carbocycles. The Morgan fingerprint density at radius 3 is 2.38 bits per heavy atom. The second-order valence-corrected chi connectivity index (χ2v) is 6.17. The Labute approximate surface area is 139 Å². The van der Waals surface area contributed by atoms with Crippen molar-refractivity contribution < 1.29 is 9.18 Å². The number of hydrogen-bond donors (Lipinski definition) is 0. The van der Waals surface area contributed by atoms with E-state index < -0.39 is 0 Å². The summed E-state index contributed by atoms with van der Waals surface area (Å²) in [6.07, 6.45) is 7.01. The number of imidazole rings is 1. The van der Waals surface area contributed by atoms with Crippen molar-refractivity contribution in [3.63, 3.8) is 0 Å². The summed E-state index contributed by atoms with van der Waals surface area (Å²) in [6.45, 7) is 1.63. The minimum absolute atomic E-state index is 0.00160. The van der Waals surface area contributed by atoms with Crippen LogP contribution >= 0.6 is 0 Å². The number of piperidine rings is 1. The predicted molar refractivity (Wildman–Crippen MR) is 90.3 cm³/mol. The maximum atomic E-state index is 13.1. The summed E-state index contributed by atoms with van der Waals surface area (Å²) >= 11 is 0. The van der Waals surface area contributed by atoms with E-state index in [2.05, 4.69) is 4.98 Å². The number of likely N-dealkylation sites (tertiary alicyclic amines) is 1. The summed E-state index contributed by atoms with van der Waals surface area (Å²) in [6, 6.07) is 10.2. The van der Waals surface area contributed by atoms with Crippen molar-refractivity contribution in [1.29, 1.82) is 0 Å². The SMILES string of the molecule is O=C(c1cn2cc(-c3ccc(F)cc3)ccc2n1)N1CCCCC1. The van der Waals surface area contributed by atoms with Crippen molar-refractivity contribution in [2.75, 3.05) is 13.1 Å². The van der Waals surface area contributed by atoms with Gasteiger partial charge in [-0.1, -0.05) is 12.1 Å². The first kappa shape index (κ1) is 14.9. The van der Waals surface area contributed by atoms with Crippen LogP contribution in [0.15, 0.2) is 48.8 Å². The van der Waals surface area contributed by atoms with Gasteiger partial charge in [-0.15, -0.1) is 0 Å². The first-order valence-electron chi connectivity index (χ1n) is 8.25. The molecule has 1 aromatic carbocycles. The van der Waals surface area contributed by atoms with Crippen LogP contribution in [0.3, 0.4) is 0 Å². The van der Waals surface area contributed by atoms with Crippen molar-refractivity contribution in [3.8, 4) is 11.1 Å². The third kappa shape index (κ3) is 2.77. The summed E-state index contributed by atoms with van der Waals surface area (Å²) in [5.41, 5.74) is 3.10. The molecule has 1 saturated heterocycles. The molecular weight excluding hydrogens is 305 g/mol. The van der Waals surface area contributed by atoms with E-state index >= 15 is 0 Å². The second-order valence-electron chi connectivity index (χ2n) is 6.17. The van der Waals surface area contributed by atoms with Crippen LogP contribution in [-0.4, -0.2) is 33.3 Å². The molecule has 0 N–H and O–H groups in total. The first-order chi connectivity index (χ1) is 11.7. The van der Waals surface area contributed by atoms with Crippen molar-refractivity contribution in [2.45, 2.75) is 19.3 Å². The predicted octanol–water partition coefficient (Wildman–Crippen LogP) is 3.77. The number of rotatable bonds is 2. The highest BCUT2D eigenvalue weighted by Gasteiger charge is 2.20. The van der Waals surface area contributed by atoms with Crippen LogP contribution in [0.4, 0.5) is 4.39 Å². The molecule has 5 heteroatoms. The third-order valence-electron chi connectivity index (χ3n) is 4.49. The van der Waals surface area contributed by atoms with E-state index in [4.69, 9.17) is 0 Å². The standard InChI is InChI=1S/C19H18FN3O/c20-16-7-4-14(5-8-16)15-6-9-18-21-17(13-23(18)12-15)19(24)22-10-2-1-3-11-22/h4-9,12-13H,1-3,10-11H2. The van der Waals surface area contributed by atoms with Crippen molar-refractivity contribution in [3.05, 3.63) is 60.3 Å². The van der Waals surface area contributed by atoms with Gasteiger partial charge >= 0.3 is 0 Å². The zero-order chi connectivity index (χ0) is 16.5. The van der Waals surface area contributed by atoms with E-state index in [0.717, 1.165) is 42.7 Å². The van der Waals surface area contributed by atoms with Gasteiger partial charge in [0.15, 0.2) is 0 Å². The minimum Gasteiger partial charge on any atom is -0.337 e. The summed E-state index contributed by atoms with van der Waals surface area (Å²) in [5.74, 6) is -0.251. The molecule has 2 aromatic heterocycles. The highest BCUT2D eigenvalue weighted by atomic mass is 19.1. The van der Waals surface area contributed by atoms with Gasteiger partial charge in [-0.2, -0.15) is 0 Å². The fourth-order valence-electron chi connectivity index (χ4n) is 3.17. The number of nitrogens with zero attached hydrogens (tertiary/aromatic N) is 3. The molecule has 1 amide bonds. The van der Waals surface area contributed by atoms with Crippen LogP contribution in [0, 0.1) is 5.82 Å². The molecule has 1 aliphatic heterocycles. The summed E-state index contributed by atoms with van der Waals surface area (Å²) in [5, 5.41) is 0. The molecule has 0 unspecified atom stereocenters. The molecule has 122 valence electrons. The van der Waals surface area contributed by atoms with Gasteiger partial charge in [0.2, 0.25) is 0 Å². The van der Waals surface area contributed by atoms with E-state index in [-0.39, 0.29) is 11.7 Å². The molecule has 0 bridgehead atoms. The molecular formula is C19H18FN3O. The Hall–Kier alpha value is -2.69. The molecule has 4 nitrogen and oxygen atoms in total. The van der Waals surface area contributed by atoms with E-state index in [9.17, 15) is 9.18 Å². The number of carbonyl (C=O) groups is 1. The van der Waals surface area contributed by atoms with Crippen molar-refractivity contribution in [1.82, 2.24) is 14.3 Å². The smallest absolute Gasteiger partial charge is 0.274 e.